The molecule has 0 saturated carbocycles. The zero-order chi connectivity index (χ0) is 16.8. The molecule has 1 N–H and O–H groups in total. The van der Waals surface area contributed by atoms with Crippen LogP contribution in [0.25, 0.3) is 11.4 Å². The van der Waals surface area contributed by atoms with Gasteiger partial charge in [-0.15, -0.1) is 0 Å². The highest BCUT2D eigenvalue weighted by molar-refractivity contribution is 9.10. The molecule has 0 aliphatic carbocycles. The molecule has 0 bridgehead atoms. The average Bonchev–Trinajstić information content (AvgIpc) is 2.60. The number of anilines is 1. The summed E-state index contributed by atoms with van der Waals surface area (Å²) in [4.78, 5) is 11.3. The summed E-state index contributed by atoms with van der Waals surface area (Å²) in [6.07, 6.45) is 1.05. The average molecular weight is 412 g/mol. The number of ether oxygens (including phenoxy) is 1. The van der Waals surface area contributed by atoms with E-state index in [0.717, 1.165) is 61.7 Å². The second kappa shape index (κ2) is 8.76. The van der Waals surface area contributed by atoms with Gasteiger partial charge in [0.15, 0.2) is 5.82 Å². The van der Waals surface area contributed by atoms with Crippen molar-refractivity contribution in [1.29, 1.82) is 0 Å². The van der Waals surface area contributed by atoms with Gasteiger partial charge in [0.05, 0.1) is 13.2 Å². The number of aromatic nitrogens is 2. The van der Waals surface area contributed by atoms with Crippen LogP contribution in [0.2, 0.25) is 5.15 Å². The molecule has 0 unspecified atom stereocenters. The van der Waals surface area contributed by atoms with Crippen LogP contribution in [0.1, 0.15) is 6.42 Å². The number of hydrogen-bond acceptors (Lipinski definition) is 5. The fraction of sp³-hybridized carbons (Fsp3) is 0.412. The molecule has 0 atom stereocenters. The number of rotatable bonds is 6. The minimum Gasteiger partial charge on any atom is -0.379 e. The maximum atomic E-state index is 6.14. The van der Waals surface area contributed by atoms with Gasteiger partial charge in [-0.05, 0) is 25.1 Å². The van der Waals surface area contributed by atoms with Gasteiger partial charge in [-0.2, -0.15) is 0 Å². The topological polar surface area (TPSA) is 50.3 Å². The molecule has 1 aromatic heterocycles. The van der Waals surface area contributed by atoms with Crippen LogP contribution in [0.15, 0.2) is 34.8 Å². The first-order valence-corrected chi connectivity index (χ1v) is 9.22. The summed E-state index contributed by atoms with van der Waals surface area (Å²) in [5.74, 6) is 1.39. The second-order valence-electron chi connectivity index (χ2n) is 5.64. The molecule has 128 valence electrons. The molecule has 7 heteroatoms. The van der Waals surface area contributed by atoms with Crippen LogP contribution in [0, 0.1) is 0 Å². The van der Waals surface area contributed by atoms with Crippen LogP contribution >= 0.6 is 27.5 Å². The van der Waals surface area contributed by atoms with Crippen molar-refractivity contribution in [3.63, 3.8) is 0 Å². The van der Waals surface area contributed by atoms with Crippen molar-refractivity contribution in [2.45, 2.75) is 6.42 Å². The number of hydrogen-bond donors (Lipinski definition) is 1. The fourth-order valence-corrected chi connectivity index (χ4v) is 3.03. The van der Waals surface area contributed by atoms with Gasteiger partial charge in [0.25, 0.3) is 0 Å². The molecule has 1 aromatic carbocycles. The number of halogens is 2. The van der Waals surface area contributed by atoms with Gasteiger partial charge in [-0.1, -0.05) is 39.7 Å². The van der Waals surface area contributed by atoms with Crippen molar-refractivity contribution in [1.82, 2.24) is 14.9 Å². The molecule has 1 fully saturated rings. The normalized spacial score (nSPS) is 15.4. The van der Waals surface area contributed by atoms with Gasteiger partial charge >= 0.3 is 0 Å². The van der Waals surface area contributed by atoms with Crippen LogP contribution in [0.5, 0.6) is 0 Å². The first-order valence-electron chi connectivity index (χ1n) is 8.05. The molecule has 3 rings (SSSR count). The summed E-state index contributed by atoms with van der Waals surface area (Å²) in [6, 6.07) is 9.64. The van der Waals surface area contributed by atoms with Gasteiger partial charge in [-0.25, -0.2) is 9.97 Å². The third-order valence-electron chi connectivity index (χ3n) is 3.86. The summed E-state index contributed by atoms with van der Waals surface area (Å²) >= 11 is 9.57. The number of nitrogens with zero attached hydrogens (tertiary/aromatic N) is 3. The van der Waals surface area contributed by atoms with Crippen molar-refractivity contribution in [2.24, 2.45) is 0 Å². The van der Waals surface area contributed by atoms with Crippen LogP contribution < -0.4 is 5.32 Å². The van der Waals surface area contributed by atoms with E-state index in [-0.39, 0.29) is 0 Å². The molecule has 0 amide bonds. The van der Waals surface area contributed by atoms with E-state index < -0.39 is 0 Å². The lowest BCUT2D eigenvalue weighted by Gasteiger charge is -2.26. The van der Waals surface area contributed by atoms with E-state index in [4.69, 9.17) is 16.3 Å². The van der Waals surface area contributed by atoms with E-state index in [2.05, 4.69) is 36.1 Å². The summed E-state index contributed by atoms with van der Waals surface area (Å²) in [5, 5.41) is 3.79. The highest BCUT2D eigenvalue weighted by Gasteiger charge is 2.10. The molecule has 5 nitrogen and oxygen atoms in total. The predicted octanol–water partition coefficient (Wildman–Crippen LogP) is 3.69. The lowest BCUT2D eigenvalue weighted by molar-refractivity contribution is 0.0378. The molecule has 1 saturated heterocycles. The SMILES string of the molecule is Clc1cc(NCCCN2CCOCC2)nc(-c2ccc(Br)cc2)n1. The van der Waals surface area contributed by atoms with Crippen LogP contribution in [-0.4, -0.2) is 54.3 Å². The van der Waals surface area contributed by atoms with Crippen molar-refractivity contribution < 1.29 is 4.74 Å². The summed E-state index contributed by atoms with van der Waals surface area (Å²) in [5.41, 5.74) is 0.942. The zero-order valence-corrected chi connectivity index (χ0v) is 15.7. The summed E-state index contributed by atoms with van der Waals surface area (Å²) < 4.78 is 6.38. The van der Waals surface area contributed by atoms with E-state index in [1.165, 1.54) is 0 Å². The Morgan fingerprint density at radius 3 is 2.67 bits per heavy atom. The monoisotopic (exact) mass is 410 g/mol. The Labute approximate surface area is 155 Å². The fourth-order valence-electron chi connectivity index (χ4n) is 2.58. The quantitative estimate of drug-likeness (QED) is 0.580. The van der Waals surface area contributed by atoms with Crippen molar-refractivity contribution >= 4 is 33.3 Å². The Bertz CT molecular complexity index is 662. The van der Waals surface area contributed by atoms with E-state index >= 15 is 0 Å². The molecule has 0 radical (unpaired) electrons. The highest BCUT2D eigenvalue weighted by atomic mass is 79.9. The highest BCUT2D eigenvalue weighted by Crippen LogP contribution is 2.22. The summed E-state index contributed by atoms with van der Waals surface area (Å²) in [6.45, 7) is 5.64. The first kappa shape index (κ1) is 17.6. The Hall–Kier alpha value is -1.21. The molecular weight excluding hydrogens is 392 g/mol. The Kier molecular flexibility index (Phi) is 6.43. The van der Waals surface area contributed by atoms with Gasteiger partial charge in [0.2, 0.25) is 0 Å². The molecule has 1 aliphatic heterocycles. The van der Waals surface area contributed by atoms with Gasteiger partial charge < -0.3 is 10.1 Å². The lowest BCUT2D eigenvalue weighted by Crippen LogP contribution is -2.37. The standard InChI is InChI=1S/C17H20BrClN4O/c18-14-4-2-13(3-5-14)17-21-15(19)12-16(22-17)20-6-1-7-23-8-10-24-11-9-23/h2-5,12H,1,6-11H2,(H,20,21,22). The number of nitrogens with one attached hydrogen (secondary N) is 1. The van der Waals surface area contributed by atoms with Gasteiger partial charge in [0.1, 0.15) is 11.0 Å². The minimum atomic E-state index is 0.443. The van der Waals surface area contributed by atoms with E-state index in [9.17, 15) is 0 Å². The minimum absolute atomic E-state index is 0.443. The second-order valence-corrected chi connectivity index (χ2v) is 6.94. The van der Waals surface area contributed by atoms with Gasteiger partial charge in [-0.3, -0.25) is 4.90 Å². The Balaban J connectivity index is 1.56. The number of morpholine rings is 1. The molecular formula is C17H20BrClN4O. The molecule has 0 spiro atoms. The molecule has 2 aromatic rings. The van der Waals surface area contributed by atoms with E-state index in [1.807, 2.05) is 24.3 Å². The van der Waals surface area contributed by atoms with Crippen LogP contribution in [-0.2, 0) is 4.74 Å². The molecule has 2 heterocycles. The number of benzene rings is 1. The Morgan fingerprint density at radius 1 is 1.17 bits per heavy atom. The first-order chi connectivity index (χ1) is 11.7. The molecule has 24 heavy (non-hydrogen) atoms. The van der Waals surface area contributed by atoms with E-state index in [0.29, 0.717) is 11.0 Å². The van der Waals surface area contributed by atoms with Crippen molar-refractivity contribution in [2.75, 3.05) is 44.7 Å². The predicted molar refractivity (Wildman–Crippen MR) is 101 cm³/mol. The van der Waals surface area contributed by atoms with Crippen LogP contribution in [0.4, 0.5) is 5.82 Å². The maximum absolute atomic E-state index is 6.14. The summed E-state index contributed by atoms with van der Waals surface area (Å²) in [7, 11) is 0. The smallest absolute Gasteiger partial charge is 0.163 e. The maximum Gasteiger partial charge on any atom is 0.163 e. The van der Waals surface area contributed by atoms with Gasteiger partial charge in [0, 0.05) is 35.7 Å². The van der Waals surface area contributed by atoms with Crippen molar-refractivity contribution in [3.05, 3.63) is 40.0 Å². The Morgan fingerprint density at radius 2 is 1.92 bits per heavy atom. The molecule has 1 aliphatic rings. The van der Waals surface area contributed by atoms with Crippen LogP contribution in [0.3, 0.4) is 0 Å². The van der Waals surface area contributed by atoms with Crippen molar-refractivity contribution in [3.8, 4) is 11.4 Å². The lowest BCUT2D eigenvalue weighted by atomic mass is 10.2. The third kappa shape index (κ3) is 5.14. The van der Waals surface area contributed by atoms with E-state index in [1.54, 1.807) is 6.07 Å². The largest absolute Gasteiger partial charge is 0.379 e. The zero-order valence-electron chi connectivity index (χ0n) is 13.3. The third-order valence-corrected chi connectivity index (χ3v) is 4.58.